The first-order valence-corrected chi connectivity index (χ1v) is 4.84. The molecular formula is C10H15N3. The minimum Gasteiger partial charge on any atom is -0.307 e. The van der Waals surface area contributed by atoms with Gasteiger partial charge in [-0.15, -0.1) is 0 Å². The maximum atomic E-state index is 4.15. The predicted octanol–water partition coefficient (Wildman–Crippen LogP) is 1.36. The molecule has 70 valence electrons. The highest BCUT2D eigenvalue weighted by Crippen LogP contribution is 2.26. The maximum absolute atomic E-state index is 4.15. The third kappa shape index (κ3) is 2.25. The molecule has 0 aliphatic heterocycles. The van der Waals surface area contributed by atoms with E-state index in [9.17, 15) is 0 Å². The van der Waals surface area contributed by atoms with E-state index in [1.807, 2.05) is 6.07 Å². The molecule has 0 saturated heterocycles. The van der Waals surface area contributed by atoms with E-state index in [2.05, 4.69) is 22.2 Å². The molecule has 3 heteroatoms. The van der Waals surface area contributed by atoms with Gasteiger partial charge < -0.3 is 5.32 Å². The Kier molecular flexibility index (Phi) is 2.54. The summed E-state index contributed by atoms with van der Waals surface area (Å²) >= 11 is 0. The second-order valence-electron chi connectivity index (χ2n) is 3.82. The summed E-state index contributed by atoms with van der Waals surface area (Å²) in [4.78, 5) is 8.31. The van der Waals surface area contributed by atoms with Crippen molar-refractivity contribution < 1.29 is 0 Å². The number of rotatable bonds is 3. The van der Waals surface area contributed by atoms with Crippen LogP contribution in [0.2, 0.25) is 0 Å². The van der Waals surface area contributed by atoms with E-state index in [1.54, 1.807) is 12.4 Å². The van der Waals surface area contributed by atoms with Crippen LogP contribution < -0.4 is 5.32 Å². The van der Waals surface area contributed by atoms with E-state index in [-0.39, 0.29) is 0 Å². The molecule has 3 nitrogen and oxygen atoms in total. The molecule has 1 N–H and O–H groups in total. The van der Waals surface area contributed by atoms with Crippen LogP contribution in [0.4, 0.5) is 0 Å². The Balaban J connectivity index is 1.74. The summed E-state index contributed by atoms with van der Waals surface area (Å²) in [5.74, 6) is 1.79. The second-order valence-corrected chi connectivity index (χ2v) is 3.82. The van der Waals surface area contributed by atoms with Crippen molar-refractivity contribution in [2.24, 2.45) is 5.92 Å². The topological polar surface area (TPSA) is 37.8 Å². The molecule has 0 aromatic carbocycles. The fraction of sp³-hybridized carbons (Fsp3) is 0.600. The Hall–Kier alpha value is -0.960. The van der Waals surface area contributed by atoms with E-state index >= 15 is 0 Å². The first-order valence-electron chi connectivity index (χ1n) is 4.84. The highest BCUT2D eigenvalue weighted by atomic mass is 15.0. The Labute approximate surface area is 78.6 Å². The molecule has 0 unspecified atom stereocenters. The number of aromatic nitrogens is 2. The Morgan fingerprint density at radius 3 is 2.69 bits per heavy atom. The van der Waals surface area contributed by atoms with E-state index in [0.717, 1.165) is 18.3 Å². The molecule has 0 bridgehead atoms. The van der Waals surface area contributed by atoms with Crippen LogP contribution in [-0.4, -0.2) is 16.0 Å². The summed E-state index contributed by atoms with van der Waals surface area (Å²) in [6.07, 6.45) is 6.17. The minimum absolute atomic E-state index is 0.693. The Morgan fingerprint density at radius 2 is 2.08 bits per heavy atom. The second kappa shape index (κ2) is 3.83. The van der Waals surface area contributed by atoms with Gasteiger partial charge in [-0.2, -0.15) is 0 Å². The first-order chi connectivity index (χ1) is 6.34. The smallest absolute Gasteiger partial charge is 0.141 e. The van der Waals surface area contributed by atoms with Crippen molar-refractivity contribution in [2.75, 3.05) is 0 Å². The van der Waals surface area contributed by atoms with Gasteiger partial charge in [0.05, 0.1) is 6.54 Å². The van der Waals surface area contributed by atoms with Crippen molar-refractivity contribution in [3.63, 3.8) is 0 Å². The van der Waals surface area contributed by atoms with Crippen LogP contribution >= 0.6 is 0 Å². The lowest BCUT2D eigenvalue weighted by Crippen LogP contribution is -2.39. The van der Waals surface area contributed by atoms with Gasteiger partial charge in [0.1, 0.15) is 5.82 Å². The lowest BCUT2D eigenvalue weighted by molar-refractivity contribution is 0.239. The quantitative estimate of drug-likeness (QED) is 0.757. The zero-order valence-corrected chi connectivity index (χ0v) is 7.90. The van der Waals surface area contributed by atoms with Gasteiger partial charge in [-0.1, -0.05) is 6.92 Å². The predicted molar refractivity (Wildman–Crippen MR) is 51.1 cm³/mol. The number of nitrogens with zero attached hydrogens (tertiary/aromatic N) is 2. The molecule has 0 radical (unpaired) electrons. The summed E-state index contributed by atoms with van der Waals surface area (Å²) in [7, 11) is 0. The van der Waals surface area contributed by atoms with Gasteiger partial charge in [0.25, 0.3) is 0 Å². The van der Waals surface area contributed by atoms with Crippen LogP contribution in [0.5, 0.6) is 0 Å². The molecule has 2 rings (SSSR count). The zero-order chi connectivity index (χ0) is 9.10. The molecule has 0 spiro atoms. The third-order valence-corrected chi connectivity index (χ3v) is 2.54. The van der Waals surface area contributed by atoms with Gasteiger partial charge in [0, 0.05) is 18.4 Å². The van der Waals surface area contributed by atoms with Gasteiger partial charge in [-0.25, -0.2) is 9.97 Å². The summed E-state index contributed by atoms with van der Waals surface area (Å²) in [6, 6.07) is 2.54. The average Bonchev–Trinajstić information content (AvgIpc) is 2.12. The number of hydrogen-bond donors (Lipinski definition) is 1. The summed E-state index contributed by atoms with van der Waals surface area (Å²) in [5, 5.41) is 3.44. The molecule has 1 aromatic rings. The van der Waals surface area contributed by atoms with E-state index in [4.69, 9.17) is 0 Å². The molecule has 0 amide bonds. The van der Waals surface area contributed by atoms with Gasteiger partial charge in [-0.3, -0.25) is 0 Å². The van der Waals surface area contributed by atoms with Crippen LogP contribution in [-0.2, 0) is 6.54 Å². The van der Waals surface area contributed by atoms with Gasteiger partial charge >= 0.3 is 0 Å². The third-order valence-electron chi connectivity index (χ3n) is 2.54. The monoisotopic (exact) mass is 177 g/mol. The molecule has 1 aromatic heterocycles. The van der Waals surface area contributed by atoms with E-state index in [1.165, 1.54) is 12.8 Å². The number of hydrogen-bond acceptors (Lipinski definition) is 3. The van der Waals surface area contributed by atoms with Gasteiger partial charge in [-0.05, 0) is 24.8 Å². The van der Waals surface area contributed by atoms with Crippen LogP contribution in [0.25, 0.3) is 0 Å². The molecule has 1 fully saturated rings. The fourth-order valence-corrected chi connectivity index (χ4v) is 1.73. The largest absolute Gasteiger partial charge is 0.307 e. The normalized spacial score (nSPS) is 26.8. The SMILES string of the molecule is CC1CC(NCc2ncccn2)C1. The van der Waals surface area contributed by atoms with Gasteiger partial charge in [0.2, 0.25) is 0 Å². The highest BCUT2D eigenvalue weighted by molar-refractivity contribution is 4.90. The molecule has 13 heavy (non-hydrogen) atoms. The van der Waals surface area contributed by atoms with Crippen molar-refractivity contribution >= 4 is 0 Å². The van der Waals surface area contributed by atoms with Crippen molar-refractivity contribution in [3.05, 3.63) is 24.3 Å². The average molecular weight is 177 g/mol. The molecule has 1 saturated carbocycles. The molecule has 1 aliphatic carbocycles. The van der Waals surface area contributed by atoms with E-state index < -0.39 is 0 Å². The lowest BCUT2D eigenvalue weighted by Gasteiger charge is -2.33. The Bertz CT molecular complexity index is 254. The van der Waals surface area contributed by atoms with Crippen LogP contribution in [0.15, 0.2) is 18.5 Å². The molecule has 1 heterocycles. The van der Waals surface area contributed by atoms with Crippen LogP contribution in [0.3, 0.4) is 0 Å². The first kappa shape index (κ1) is 8.63. The van der Waals surface area contributed by atoms with Crippen LogP contribution in [0, 0.1) is 5.92 Å². The fourth-order valence-electron chi connectivity index (χ4n) is 1.73. The van der Waals surface area contributed by atoms with Crippen LogP contribution in [0.1, 0.15) is 25.6 Å². The zero-order valence-electron chi connectivity index (χ0n) is 7.90. The maximum Gasteiger partial charge on any atom is 0.141 e. The number of nitrogens with one attached hydrogen (secondary N) is 1. The van der Waals surface area contributed by atoms with Gasteiger partial charge in [0.15, 0.2) is 0 Å². The van der Waals surface area contributed by atoms with Crippen molar-refractivity contribution in [2.45, 2.75) is 32.4 Å². The highest BCUT2D eigenvalue weighted by Gasteiger charge is 2.24. The minimum atomic E-state index is 0.693. The molecular weight excluding hydrogens is 162 g/mol. The van der Waals surface area contributed by atoms with Crippen molar-refractivity contribution in [1.82, 2.24) is 15.3 Å². The molecule has 1 aliphatic rings. The lowest BCUT2D eigenvalue weighted by atomic mass is 9.82. The van der Waals surface area contributed by atoms with E-state index in [0.29, 0.717) is 6.04 Å². The summed E-state index contributed by atoms with van der Waals surface area (Å²) < 4.78 is 0. The Morgan fingerprint density at radius 1 is 1.38 bits per heavy atom. The standard InChI is InChI=1S/C10H15N3/c1-8-5-9(6-8)13-7-10-11-3-2-4-12-10/h2-4,8-9,13H,5-7H2,1H3. The summed E-state index contributed by atoms with van der Waals surface area (Å²) in [5.41, 5.74) is 0. The van der Waals surface area contributed by atoms with Crippen molar-refractivity contribution in [3.8, 4) is 0 Å². The molecule has 0 atom stereocenters. The summed E-state index contributed by atoms with van der Waals surface area (Å²) in [6.45, 7) is 3.09. The van der Waals surface area contributed by atoms with Crippen molar-refractivity contribution in [1.29, 1.82) is 0 Å².